The standard InChI is InChI=1S/C27H24Si/c1-28(2,26-15-7-4-8-16-26)27(20-17-22-11-5-3-6-12-22)25-19-18-23-13-9-10-14-24(23)21-25/h3-16,18-19,21,27H,1-2H3/t27-/m0/s1. The van der Waals surface area contributed by atoms with Crippen molar-refractivity contribution in [2.24, 2.45) is 0 Å². The van der Waals surface area contributed by atoms with Gasteiger partial charge >= 0.3 is 0 Å². The Morgan fingerprint density at radius 1 is 0.643 bits per heavy atom. The van der Waals surface area contributed by atoms with Gasteiger partial charge in [-0.2, -0.15) is 0 Å². The summed E-state index contributed by atoms with van der Waals surface area (Å²) in [6.45, 7) is 4.86. The minimum absolute atomic E-state index is 0.222. The molecule has 1 atom stereocenters. The molecule has 0 bridgehead atoms. The van der Waals surface area contributed by atoms with E-state index >= 15 is 0 Å². The van der Waals surface area contributed by atoms with Crippen molar-refractivity contribution in [2.75, 3.05) is 0 Å². The molecule has 136 valence electrons. The summed E-state index contributed by atoms with van der Waals surface area (Å²) in [6.07, 6.45) is 0. The Bertz CT molecular complexity index is 1130. The molecule has 0 aromatic heterocycles. The molecule has 0 amide bonds. The maximum absolute atomic E-state index is 3.67. The average Bonchev–Trinajstić information content (AvgIpc) is 2.75. The molecule has 4 aromatic rings. The monoisotopic (exact) mass is 376 g/mol. The molecule has 1 heteroatoms. The van der Waals surface area contributed by atoms with Gasteiger partial charge in [-0.25, -0.2) is 0 Å². The molecule has 0 saturated carbocycles. The zero-order valence-corrected chi connectivity index (χ0v) is 17.4. The van der Waals surface area contributed by atoms with E-state index in [0.717, 1.165) is 5.56 Å². The Balaban J connectivity index is 1.84. The van der Waals surface area contributed by atoms with Gasteiger partial charge in [-0.15, -0.1) is 0 Å². The van der Waals surface area contributed by atoms with Gasteiger partial charge in [0.15, 0.2) is 0 Å². The highest BCUT2D eigenvalue weighted by molar-refractivity contribution is 6.91. The first kappa shape index (κ1) is 18.3. The van der Waals surface area contributed by atoms with Crippen molar-refractivity contribution in [3.05, 3.63) is 114 Å². The van der Waals surface area contributed by atoms with E-state index in [1.54, 1.807) is 0 Å². The third-order valence-corrected chi connectivity index (χ3v) is 9.22. The normalized spacial score (nSPS) is 12.2. The van der Waals surface area contributed by atoms with Crippen LogP contribution < -0.4 is 5.19 Å². The summed E-state index contributed by atoms with van der Waals surface area (Å²) in [4.78, 5) is 0. The number of hydrogen-bond donors (Lipinski definition) is 0. The highest BCUT2D eigenvalue weighted by Crippen LogP contribution is 2.29. The minimum atomic E-state index is -1.86. The van der Waals surface area contributed by atoms with Crippen LogP contribution in [-0.2, 0) is 0 Å². The van der Waals surface area contributed by atoms with Crippen LogP contribution in [0.15, 0.2) is 103 Å². The molecule has 0 N–H and O–H groups in total. The highest BCUT2D eigenvalue weighted by Gasteiger charge is 2.33. The van der Waals surface area contributed by atoms with Gasteiger partial charge < -0.3 is 0 Å². The van der Waals surface area contributed by atoms with Crippen molar-refractivity contribution in [2.45, 2.75) is 18.6 Å². The van der Waals surface area contributed by atoms with Gasteiger partial charge in [0.25, 0.3) is 0 Å². The molecular formula is C27H24Si. The third-order valence-electron chi connectivity index (χ3n) is 5.48. The van der Waals surface area contributed by atoms with Crippen molar-refractivity contribution < 1.29 is 0 Å². The summed E-state index contributed by atoms with van der Waals surface area (Å²) in [5.74, 6) is 7.12. The van der Waals surface area contributed by atoms with Crippen LogP contribution in [-0.4, -0.2) is 8.07 Å². The molecule has 0 saturated heterocycles. The van der Waals surface area contributed by atoms with Crippen molar-refractivity contribution in [1.82, 2.24) is 0 Å². The third kappa shape index (κ3) is 3.79. The summed E-state index contributed by atoms with van der Waals surface area (Å²) in [6, 6.07) is 36.6. The van der Waals surface area contributed by atoms with Crippen molar-refractivity contribution in [1.29, 1.82) is 0 Å². The predicted octanol–water partition coefficient (Wildman–Crippen LogP) is 6.13. The molecule has 0 spiro atoms. The summed E-state index contributed by atoms with van der Waals surface area (Å²) in [5, 5.41) is 4.00. The van der Waals surface area contributed by atoms with Gasteiger partial charge in [-0.3, -0.25) is 0 Å². The lowest BCUT2D eigenvalue weighted by molar-refractivity contribution is 1.19. The van der Waals surface area contributed by atoms with Crippen LogP contribution in [0.3, 0.4) is 0 Å². The molecule has 0 aliphatic rings. The molecular weight excluding hydrogens is 352 g/mol. The van der Waals surface area contributed by atoms with Crippen LogP contribution >= 0.6 is 0 Å². The van der Waals surface area contributed by atoms with Gasteiger partial charge in [-0.05, 0) is 28.5 Å². The molecule has 0 heterocycles. The Kier molecular flexibility index (Phi) is 5.15. The average molecular weight is 377 g/mol. The quantitative estimate of drug-likeness (QED) is 0.298. The van der Waals surface area contributed by atoms with Crippen molar-refractivity contribution in [3.63, 3.8) is 0 Å². The molecule has 0 nitrogen and oxygen atoms in total. The summed E-state index contributed by atoms with van der Waals surface area (Å²) in [5.41, 5.74) is 2.62. The number of hydrogen-bond acceptors (Lipinski definition) is 0. The molecule has 28 heavy (non-hydrogen) atoms. The zero-order valence-electron chi connectivity index (χ0n) is 16.4. The molecule has 0 unspecified atom stereocenters. The Morgan fingerprint density at radius 3 is 1.96 bits per heavy atom. The maximum Gasteiger partial charge on any atom is 0.102 e. The smallest absolute Gasteiger partial charge is 0.0925 e. The second kappa shape index (κ2) is 7.88. The van der Waals surface area contributed by atoms with Gasteiger partial charge in [0, 0.05) is 11.1 Å². The Hall–Kier alpha value is -3.08. The second-order valence-corrected chi connectivity index (χ2v) is 12.4. The first-order valence-electron chi connectivity index (χ1n) is 9.75. The van der Waals surface area contributed by atoms with Gasteiger partial charge in [-0.1, -0.05) is 121 Å². The van der Waals surface area contributed by atoms with E-state index in [1.165, 1.54) is 21.5 Å². The lowest BCUT2D eigenvalue weighted by Gasteiger charge is -2.30. The van der Waals surface area contributed by atoms with Crippen LogP contribution in [0.1, 0.15) is 16.7 Å². The van der Waals surface area contributed by atoms with E-state index in [1.807, 2.05) is 6.07 Å². The molecule has 0 aliphatic carbocycles. The number of rotatable bonds is 3. The van der Waals surface area contributed by atoms with Crippen LogP contribution in [0.4, 0.5) is 0 Å². The van der Waals surface area contributed by atoms with Gasteiger partial charge in [0.1, 0.15) is 8.07 Å². The fourth-order valence-electron chi connectivity index (χ4n) is 3.78. The Morgan fingerprint density at radius 2 is 1.25 bits per heavy atom. The fraction of sp³-hybridized carbons (Fsp3) is 0.111. The first-order chi connectivity index (χ1) is 13.6. The lowest BCUT2D eigenvalue weighted by atomic mass is 10.0. The number of benzene rings is 4. The topological polar surface area (TPSA) is 0 Å². The second-order valence-electron chi connectivity index (χ2n) is 7.76. The first-order valence-corrected chi connectivity index (χ1v) is 12.8. The van der Waals surface area contributed by atoms with Gasteiger partial charge in [0.05, 0.1) is 0 Å². The SMILES string of the molecule is C[Si](C)(c1ccccc1)[C@@H](C#Cc1ccccc1)c1ccc2ccccc2c1. The van der Waals surface area contributed by atoms with E-state index < -0.39 is 8.07 Å². The van der Waals surface area contributed by atoms with Crippen molar-refractivity contribution in [3.8, 4) is 11.8 Å². The molecule has 0 aliphatic heterocycles. The predicted molar refractivity (Wildman–Crippen MR) is 124 cm³/mol. The fourth-order valence-corrected chi connectivity index (χ4v) is 6.61. The molecule has 0 radical (unpaired) electrons. The molecule has 0 fully saturated rings. The van der Waals surface area contributed by atoms with Crippen LogP contribution in [0.5, 0.6) is 0 Å². The van der Waals surface area contributed by atoms with Crippen molar-refractivity contribution >= 4 is 24.0 Å². The molecule has 4 rings (SSSR count). The van der Waals surface area contributed by atoms with E-state index in [-0.39, 0.29) is 5.54 Å². The lowest BCUT2D eigenvalue weighted by Crippen LogP contribution is -2.47. The van der Waals surface area contributed by atoms with Crippen LogP contribution in [0, 0.1) is 11.8 Å². The summed E-state index contributed by atoms with van der Waals surface area (Å²) < 4.78 is 0. The maximum atomic E-state index is 3.67. The molecule has 4 aromatic carbocycles. The largest absolute Gasteiger partial charge is 0.102 e. The number of fused-ring (bicyclic) bond motifs is 1. The Labute approximate surface area is 168 Å². The van der Waals surface area contributed by atoms with Gasteiger partial charge in [0.2, 0.25) is 0 Å². The van der Waals surface area contributed by atoms with Crippen LogP contribution in [0.25, 0.3) is 10.8 Å². The summed E-state index contributed by atoms with van der Waals surface area (Å²) in [7, 11) is -1.86. The van der Waals surface area contributed by atoms with E-state index in [9.17, 15) is 0 Å². The van der Waals surface area contributed by atoms with E-state index in [0.29, 0.717) is 0 Å². The summed E-state index contributed by atoms with van der Waals surface area (Å²) >= 11 is 0. The van der Waals surface area contributed by atoms with Crippen LogP contribution in [0.2, 0.25) is 13.1 Å². The zero-order chi connectivity index (χ0) is 19.4. The van der Waals surface area contributed by atoms with E-state index in [2.05, 4.69) is 122 Å². The van der Waals surface area contributed by atoms with E-state index in [4.69, 9.17) is 0 Å². The minimum Gasteiger partial charge on any atom is -0.0925 e. The highest BCUT2D eigenvalue weighted by atomic mass is 28.3.